The molecule has 1 saturated heterocycles. The molecule has 0 aromatic heterocycles. The molecule has 5 amide bonds. The lowest BCUT2D eigenvalue weighted by atomic mass is 9.89. The monoisotopic (exact) mass is 1410 g/mol. The summed E-state index contributed by atoms with van der Waals surface area (Å²) in [5.41, 5.74) is 2.13. The normalized spacial score (nSPS) is 13.2. The van der Waals surface area contributed by atoms with E-state index < -0.39 is 42.8 Å². The summed E-state index contributed by atoms with van der Waals surface area (Å²) in [4.78, 5) is 116. The van der Waals surface area contributed by atoms with Crippen molar-refractivity contribution in [3.8, 4) is 0 Å². The van der Waals surface area contributed by atoms with E-state index in [1.54, 1.807) is 74.5 Å². The lowest BCUT2D eigenvalue weighted by molar-refractivity contribution is -0.149. The first-order chi connectivity index (χ1) is 45.8. The van der Waals surface area contributed by atoms with Gasteiger partial charge in [-0.15, -0.1) is 0 Å². The molecule has 0 bridgehead atoms. The Balaban J connectivity index is 0.00000116. The van der Waals surface area contributed by atoms with Gasteiger partial charge in [0.15, 0.2) is 18.2 Å². The number of primary sulfonamides is 1. The van der Waals surface area contributed by atoms with Crippen LogP contribution in [0.15, 0.2) is 114 Å². The Kier molecular flexibility index (Phi) is 42.8. The highest BCUT2D eigenvalue weighted by Crippen LogP contribution is 2.25. The van der Waals surface area contributed by atoms with Crippen molar-refractivity contribution in [3.05, 3.63) is 120 Å². The number of carbonyl (C=O) groups excluding carboxylic acids is 10. The van der Waals surface area contributed by atoms with E-state index in [1.165, 1.54) is 38.0 Å². The molecule has 0 unspecified atom stereocenters. The molecule has 0 radical (unpaired) electrons. The molecule has 98 heavy (non-hydrogen) atoms. The van der Waals surface area contributed by atoms with E-state index in [2.05, 4.69) is 44.6 Å². The number of nitrogens with two attached hydrogens (primary N) is 1. The first-order valence-electron chi connectivity index (χ1n) is 33.1. The predicted molar refractivity (Wildman–Crippen MR) is 382 cm³/mol. The topological polar surface area (TPSA) is 356 Å². The number of esters is 3. The number of ether oxygens (including phenoxy) is 3. The van der Waals surface area contributed by atoms with E-state index in [1.807, 2.05) is 104 Å². The van der Waals surface area contributed by atoms with Crippen LogP contribution in [0.4, 0.5) is 17.1 Å². The third kappa shape index (κ3) is 39.1. The largest absolute Gasteiger partial charge is 0.461 e. The molecule has 0 aliphatic carbocycles. The van der Waals surface area contributed by atoms with Gasteiger partial charge < -0.3 is 40.4 Å². The number of nitrogens with zero attached hydrogens (tertiary/aromatic N) is 1. The second-order valence-corrected chi connectivity index (χ2v) is 28.1. The molecule has 5 rings (SSSR count). The van der Waals surface area contributed by atoms with Gasteiger partial charge in [-0.05, 0) is 113 Å². The van der Waals surface area contributed by atoms with Gasteiger partial charge in [0, 0.05) is 64.3 Å². The minimum absolute atomic E-state index is 0.00119. The molecule has 7 N–H and O–H groups in total. The molecule has 1 aliphatic heterocycles. The van der Waals surface area contributed by atoms with E-state index in [0.717, 1.165) is 50.5 Å². The Labute approximate surface area is 581 Å². The van der Waals surface area contributed by atoms with Gasteiger partial charge in [0.2, 0.25) is 49.6 Å². The molecular weight excluding hydrogens is 1300 g/mol. The number of nitrogens with one attached hydrogen (secondary N) is 5. The first kappa shape index (κ1) is 89.6. The van der Waals surface area contributed by atoms with Crippen LogP contribution >= 0.6 is 0 Å². The van der Waals surface area contributed by atoms with E-state index in [0.29, 0.717) is 60.4 Å². The zero-order valence-electron chi connectivity index (χ0n) is 60.3. The zero-order chi connectivity index (χ0) is 74.8. The Bertz CT molecular complexity index is 3370. The molecule has 1 aliphatic rings. The zero-order valence-corrected chi connectivity index (χ0v) is 61.9. The van der Waals surface area contributed by atoms with Crippen molar-refractivity contribution in [1.82, 2.24) is 15.5 Å². The highest BCUT2D eigenvalue weighted by molar-refractivity contribution is 7.92. The fourth-order valence-corrected chi connectivity index (χ4v) is 8.54. The third-order valence-corrected chi connectivity index (χ3v) is 17.2. The molecule has 0 saturated carbocycles. The van der Waals surface area contributed by atoms with Gasteiger partial charge in [-0.3, -0.25) is 52.7 Å². The van der Waals surface area contributed by atoms with Gasteiger partial charge in [-0.1, -0.05) is 163 Å². The second-order valence-electron chi connectivity index (χ2n) is 24.8. The summed E-state index contributed by atoms with van der Waals surface area (Å²) in [6.45, 7) is 28.5. The molecule has 4 aromatic carbocycles. The summed E-state index contributed by atoms with van der Waals surface area (Å²) in [7, 11) is -7.03. The van der Waals surface area contributed by atoms with Crippen LogP contribution in [0.5, 0.6) is 0 Å². The number of likely N-dealkylation sites (tertiary alicyclic amines) is 1. The van der Waals surface area contributed by atoms with Crippen molar-refractivity contribution in [3.63, 3.8) is 0 Å². The van der Waals surface area contributed by atoms with Crippen molar-refractivity contribution in [2.45, 2.75) is 186 Å². The summed E-state index contributed by atoms with van der Waals surface area (Å²) in [5, 5.41) is 15.4. The van der Waals surface area contributed by atoms with Gasteiger partial charge in [0.1, 0.15) is 26.3 Å². The Morgan fingerprint density at radius 1 is 0.561 bits per heavy atom. The van der Waals surface area contributed by atoms with Crippen LogP contribution in [0.2, 0.25) is 0 Å². The number of Topliss-reactive ketones (excluding diaryl/α,β-unsaturated/α-hetero) is 2. The molecular formula is C72H109N7O17S2. The van der Waals surface area contributed by atoms with E-state index in [-0.39, 0.29) is 90.1 Å². The van der Waals surface area contributed by atoms with Gasteiger partial charge in [0.25, 0.3) is 0 Å². The number of hydrogen-bond acceptors (Lipinski definition) is 17. The van der Waals surface area contributed by atoms with Gasteiger partial charge >= 0.3 is 17.9 Å². The molecule has 4 atom stereocenters. The standard InChI is InChI=1S/C15H19NO4.C13H20N2O3S.C12H18N2O3S.C12H16O2.C10H17NO4.C10H19NO/c1-3-11(2)15(19)16-9-14(18)20-10-13(17)12-7-5-4-6-8-12;1-5-13(2,3)12(16)14-10-6-8-11(9-7-10)15-19(4,17)18;1-4-12(2,3)11(15)14-9-6-5-7-10(8-9)18(13,16)17;1-3-10(2)12(13)14-9-11-7-5-4-6-8-11;1-4-7(2)10(14)11-5-9(13)15-6-8(3)12;1-3-9(2)11-8-6-4-5-7-10(11)12/h4-8,11H,3,9-10H2,1-2H3,(H,16,19);6-9,15H,5H2,1-4H3,(H,14,16);5-8H,4H2,1-3H3,(H,14,15)(H2,13,16,17);4-8,10H,3,9H2,1-2H3;7H,4-6H2,1-3H3,(H,11,14);9H,3-8H2,1-2H3/t11-;;;10-;7-;9-/m0..000/s1. The van der Waals surface area contributed by atoms with Crippen molar-refractivity contribution in [1.29, 1.82) is 0 Å². The summed E-state index contributed by atoms with van der Waals surface area (Å²) in [6, 6.07) is 31.2. The predicted octanol–water partition coefficient (Wildman–Crippen LogP) is 11.0. The fourth-order valence-electron chi connectivity index (χ4n) is 7.41. The lowest BCUT2D eigenvalue weighted by Gasteiger charge is -2.26. The number of sulfonamides is 2. The molecule has 1 fully saturated rings. The summed E-state index contributed by atoms with van der Waals surface area (Å²) < 4.78 is 61.4. The first-order valence-corrected chi connectivity index (χ1v) is 36.5. The Hall–Kier alpha value is -8.36. The maximum atomic E-state index is 12.0. The highest BCUT2D eigenvalue weighted by atomic mass is 32.2. The number of carbonyl (C=O) groups is 10. The van der Waals surface area contributed by atoms with E-state index >= 15 is 0 Å². The highest BCUT2D eigenvalue weighted by Gasteiger charge is 2.27. The van der Waals surface area contributed by atoms with Crippen LogP contribution in [0.25, 0.3) is 0 Å². The van der Waals surface area contributed by atoms with Crippen LogP contribution in [-0.2, 0) is 84.0 Å². The average molecular weight is 1410 g/mol. The number of amides is 5. The number of ketones is 2. The van der Waals surface area contributed by atoms with Gasteiger partial charge in [0.05, 0.1) is 17.1 Å². The minimum Gasteiger partial charge on any atom is -0.461 e. The number of anilines is 3. The third-order valence-electron chi connectivity index (χ3n) is 15.7. The summed E-state index contributed by atoms with van der Waals surface area (Å²) in [6.07, 6.45) is 10.1. The number of hydrogen-bond donors (Lipinski definition) is 6. The molecule has 1 heterocycles. The SMILES string of the molecule is CCC(C)(C)C(=O)Nc1ccc(NS(C)(=O)=O)cc1.CCC(C)(C)C(=O)Nc1cccc(S(N)(=O)=O)c1.CC[C@H](C)C(=O)NCC(=O)OCC(=O)c1ccccc1.CC[C@H](C)C(=O)NCC(=O)OCC(C)=O.CC[C@H](C)C(=O)OCc1ccccc1.CC[C@H](C)N1CCCCCC1=O. The van der Waals surface area contributed by atoms with Crippen LogP contribution in [0, 0.1) is 28.6 Å². The maximum absolute atomic E-state index is 12.0. The van der Waals surface area contributed by atoms with Crippen LogP contribution in [0.3, 0.4) is 0 Å². The average Bonchev–Trinajstić information content (AvgIpc) is 0.948. The second kappa shape index (κ2) is 46.8. The number of benzene rings is 4. The molecule has 4 aromatic rings. The minimum atomic E-state index is -3.75. The van der Waals surface area contributed by atoms with Crippen LogP contribution < -0.4 is 31.1 Å². The fraction of sp³-hybridized carbons (Fsp3) is 0.528. The quantitative estimate of drug-likeness (QED) is 0.0175. The number of rotatable bonds is 28. The van der Waals surface area contributed by atoms with Gasteiger partial charge in [-0.25, -0.2) is 22.0 Å². The maximum Gasteiger partial charge on any atom is 0.325 e. The van der Waals surface area contributed by atoms with Crippen LogP contribution in [-0.4, -0.2) is 126 Å². The van der Waals surface area contributed by atoms with Gasteiger partial charge in [-0.2, -0.15) is 0 Å². The molecule has 546 valence electrons. The van der Waals surface area contributed by atoms with Crippen molar-refractivity contribution in [2.75, 3.05) is 54.5 Å². The van der Waals surface area contributed by atoms with Crippen LogP contribution in [0.1, 0.15) is 184 Å². The lowest BCUT2D eigenvalue weighted by Crippen LogP contribution is -2.37. The molecule has 26 heteroatoms. The van der Waals surface area contributed by atoms with E-state index in [4.69, 9.17) is 14.6 Å². The summed E-state index contributed by atoms with van der Waals surface area (Å²) >= 11 is 0. The Morgan fingerprint density at radius 2 is 1.03 bits per heavy atom. The molecule has 0 spiro atoms. The van der Waals surface area contributed by atoms with Crippen molar-refractivity contribution < 1.29 is 79.0 Å². The summed E-state index contributed by atoms with van der Waals surface area (Å²) in [5.74, 6) is -2.32. The smallest absolute Gasteiger partial charge is 0.325 e. The molecule has 24 nitrogen and oxygen atoms in total. The van der Waals surface area contributed by atoms with Crippen molar-refractivity contribution in [2.24, 2.45) is 33.7 Å². The van der Waals surface area contributed by atoms with E-state index in [9.17, 15) is 64.8 Å². The van der Waals surface area contributed by atoms with Crippen molar-refractivity contribution >= 4 is 96.1 Å². The Morgan fingerprint density at radius 3 is 1.48 bits per heavy atom.